The van der Waals surface area contributed by atoms with Gasteiger partial charge in [-0.1, -0.05) is 0 Å². The number of amides is 1. The lowest BCUT2D eigenvalue weighted by molar-refractivity contribution is -0.122. The zero-order chi connectivity index (χ0) is 6.20. The van der Waals surface area contributed by atoms with Crippen molar-refractivity contribution >= 4 is 5.91 Å². The fraction of sp³-hybridized carbons (Fsp3) is 0.600. The molecule has 0 unspecified atom stereocenters. The molecule has 0 aromatic heterocycles. The molecule has 1 rings (SSSR count). The minimum Gasteiger partial charge on any atom is -0.336 e. The van der Waals surface area contributed by atoms with Crippen LogP contribution in [0.25, 0.3) is 0 Å². The SMILES string of the molecule is CC1(C)N[CH]NC1=O. The Balaban J connectivity index is 2.68. The zero-order valence-electron chi connectivity index (χ0n) is 4.99. The van der Waals surface area contributed by atoms with Crippen LogP contribution in [0.15, 0.2) is 0 Å². The number of hydrogen-bond acceptors (Lipinski definition) is 2. The maximum atomic E-state index is 10.7. The van der Waals surface area contributed by atoms with Crippen LogP contribution in [-0.2, 0) is 4.79 Å². The normalized spacial score (nSPS) is 25.5. The zero-order valence-corrected chi connectivity index (χ0v) is 4.99. The molecule has 1 radical (unpaired) electrons. The summed E-state index contributed by atoms with van der Waals surface area (Å²) in [4.78, 5) is 10.7. The molecule has 0 saturated carbocycles. The van der Waals surface area contributed by atoms with Crippen molar-refractivity contribution in [3.63, 3.8) is 0 Å². The summed E-state index contributed by atoms with van der Waals surface area (Å²) in [5.74, 6) is 0.0255. The Labute approximate surface area is 48.5 Å². The van der Waals surface area contributed by atoms with E-state index in [-0.39, 0.29) is 5.91 Å². The molecule has 45 valence electrons. The number of hydrogen-bond donors (Lipinski definition) is 2. The first-order valence-electron chi connectivity index (χ1n) is 2.53. The van der Waals surface area contributed by atoms with Crippen molar-refractivity contribution in [2.24, 2.45) is 0 Å². The smallest absolute Gasteiger partial charge is 0.241 e. The summed E-state index contributed by atoms with van der Waals surface area (Å²) in [5.41, 5.74) is -0.403. The Hall–Kier alpha value is -0.570. The topological polar surface area (TPSA) is 41.1 Å². The predicted molar refractivity (Wildman–Crippen MR) is 29.7 cm³/mol. The predicted octanol–water partition coefficient (Wildman–Crippen LogP) is -0.396. The average molecular weight is 113 g/mol. The maximum absolute atomic E-state index is 10.7. The molecule has 1 amide bonds. The first-order valence-corrected chi connectivity index (χ1v) is 2.53. The fourth-order valence-electron chi connectivity index (χ4n) is 0.528. The summed E-state index contributed by atoms with van der Waals surface area (Å²) in [5, 5.41) is 5.39. The van der Waals surface area contributed by atoms with Crippen molar-refractivity contribution in [1.82, 2.24) is 10.6 Å². The van der Waals surface area contributed by atoms with Crippen molar-refractivity contribution in [2.75, 3.05) is 0 Å². The van der Waals surface area contributed by atoms with Crippen molar-refractivity contribution in [2.45, 2.75) is 19.4 Å². The second kappa shape index (κ2) is 1.45. The molecule has 1 aliphatic heterocycles. The van der Waals surface area contributed by atoms with Gasteiger partial charge in [0.05, 0.1) is 5.54 Å². The van der Waals surface area contributed by atoms with Gasteiger partial charge in [-0.05, 0) is 13.8 Å². The monoisotopic (exact) mass is 113 g/mol. The lowest BCUT2D eigenvalue weighted by Crippen LogP contribution is -2.39. The third-order valence-electron chi connectivity index (χ3n) is 1.20. The van der Waals surface area contributed by atoms with E-state index in [4.69, 9.17) is 0 Å². The molecule has 1 heterocycles. The van der Waals surface area contributed by atoms with Crippen LogP contribution in [0, 0.1) is 6.67 Å². The lowest BCUT2D eigenvalue weighted by Gasteiger charge is -2.11. The molecule has 0 aromatic carbocycles. The van der Waals surface area contributed by atoms with E-state index in [1.165, 1.54) is 0 Å². The molecule has 3 heteroatoms. The van der Waals surface area contributed by atoms with Crippen LogP contribution in [0.2, 0.25) is 0 Å². The summed E-state index contributed by atoms with van der Waals surface area (Å²) in [6.45, 7) is 5.21. The van der Waals surface area contributed by atoms with Crippen molar-refractivity contribution in [1.29, 1.82) is 0 Å². The summed E-state index contributed by atoms with van der Waals surface area (Å²) in [7, 11) is 0. The first kappa shape index (κ1) is 5.56. The molecule has 1 aliphatic rings. The van der Waals surface area contributed by atoms with E-state index < -0.39 is 5.54 Å². The largest absolute Gasteiger partial charge is 0.336 e. The van der Waals surface area contributed by atoms with Gasteiger partial charge < -0.3 is 5.32 Å². The quantitative estimate of drug-likeness (QED) is 0.449. The molecule has 0 bridgehead atoms. The number of nitrogens with one attached hydrogen (secondary N) is 2. The average Bonchev–Trinajstić information content (AvgIpc) is 1.86. The highest BCUT2D eigenvalue weighted by atomic mass is 16.2. The number of carbonyl (C=O) groups excluding carboxylic acids is 1. The molecule has 0 atom stereocenters. The Morgan fingerprint density at radius 2 is 2.25 bits per heavy atom. The van der Waals surface area contributed by atoms with Crippen molar-refractivity contribution in [3.8, 4) is 0 Å². The number of rotatable bonds is 0. The molecular formula is C5H9N2O. The van der Waals surface area contributed by atoms with E-state index in [1.54, 1.807) is 6.67 Å². The maximum Gasteiger partial charge on any atom is 0.241 e. The van der Waals surface area contributed by atoms with E-state index in [1.807, 2.05) is 13.8 Å². The third-order valence-corrected chi connectivity index (χ3v) is 1.20. The van der Waals surface area contributed by atoms with Crippen LogP contribution in [0.1, 0.15) is 13.8 Å². The molecule has 0 spiro atoms. The highest BCUT2D eigenvalue weighted by Crippen LogP contribution is 2.06. The van der Waals surface area contributed by atoms with Gasteiger partial charge in [-0.15, -0.1) is 0 Å². The van der Waals surface area contributed by atoms with Crippen LogP contribution in [0.5, 0.6) is 0 Å². The van der Waals surface area contributed by atoms with Crippen molar-refractivity contribution in [3.05, 3.63) is 6.67 Å². The second-order valence-corrected chi connectivity index (χ2v) is 2.39. The second-order valence-electron chi connectivity index (χ2n) is 2.39. The molecule has 3 nitrogen and oxygen atoms in total. The van der Waals surface area contributed by atoms with E-state index >= 15 is 0 Å². The number of carbonyl (C=O) groups is 1. The third kappa shape index (κ3) is 0.690. The van der Waals surface area contributed by atoms with Crippen LogP contribution < -0.4 is 10.6 Å². The molecule has 2 N–H and O–H groups in total. The molecule has 0 aliphatic carbocycles. The molecule has 1 fully saturated rings. The highest BCUT2D eigenvalue weighted by molar-refractivity contribution is 5.88. The molecule has 0 aromatic rings. The Morgan fingerprint density at radius 3 is 2.38 bits per heavy atom. The van der Waals surface area contributed by atoms with Gasteiger partial charge in [0.2, 0.25) is 5.91 Å². The van der Waals surface area contributed by atoms with Gasteiger partial charge in [0.15, 0.2) is 0 Å². The van der Waals surface area contributed by atoms with Crippen LogP contribution >= 0.6 is 0 Å². The van der Waals surface area contributed by atoms with Gasteiger partial charge >= 0.3 is 0 Å². The Morgan fingerprint density at radius 1 is 1.62 bits per heavy atom. The van der Waals surface area contributed by atoms with Gasteiger partial charge in [0, 0.05) is 0 Å². The van der Waals surface area contributed by atoms with E-state index in [0.29, 0.717) is 0 Å². The van der Waals surface area contributed by atoms with Gasteiger partial charge in [0.1, 0.15) is 6.67 Å². The van der Waals surface area contributed by atoms with E-state index in [2.05, 4.69) is 10.6 Å². The van der Waals surface area contributed by atoms with Crippen LogP contribution in [0.3, 0.4) is 0 Å². The van der Waals surface area contributed by atoms with Crippen molar-refractivity contribution < 1.29 is 4.79 Å². The highest BCUT2D eigenvalue weighted by Gasteiger charge is 2.31. The minimum absolute atomic E-state index is 0.0255. The standard InChI is InChI=1S/C5H9N2O/c1-5(2)4(8)6-3-7-5/h3,7H,1-2H3,(H,6,8). The van der Waals surface area contributed by atoms with E-state index in [9.17, 15) is 4.79 Å². The minimum atomic E-state index is -0.403. The van der Waals surface area contributed by atoms with Gasteiger partial charge in [-0.3, -0.25) is 10.1 Å². The first-order chi connectivity index (χ1) is 3.63. The van der Waals surface area contributed by atoms with Crippen LogP contribution in [-0.4, -0.2) is 11.4 Å². The summed E-state index contributed by atoms with van der Waals surface area (Å²) >= 11 is 0. The lowest BCUT2D eigenvalue weighted by atomic mass is 10.1. The van der Waals surface area contributed by atoms with Gasteiger partial charge in [-0.2, -0.15) is 0 Å². The van der Waals surface area contributed by atoms with E-state index in [0.717, 1.165) is 0 Å². The molecule has 1 saturated heterocycles. The van der Waals surface area contributed by atoms with Gasteiger partial charge in [0.25, 0.3) is 0 Å². The Kier molecular flexibility index (Phi) is 1.01. The van der Waals surface area contributed by atoms with Gasteiger partial charge in [-0.25, -0.2) is 0 Å². The summed E-state index contributed by atoms with van der Waals surface area (Å²) in [6, 6.07) is 0. The molecule has 8 heavy (non-hydrogen) atoms. The fourth-order valence-corrected chi connectivity index (χ4v) is 0.528. The summed E-state index contributed by atoms with van der Waals surface area (Å²) < 4.78 is 0. The summed E-state index contributed by atoms with van der Waals surface area (Å²) in [6.07, 6.45) is 0. The Bertz CT molecular complexity index is 120. The van der Waals surface area contributed by atoms with Crippen LogP contribution in [0.4, 0.5) is 0 Å². The molecular weight excluding hydrogens is 104 g/mol.